The van der Waals surface area contributed by atoms with E-state index in [0.29, 0.717) is 5.82 Å². The summed E-state index contributed by atoms with van der Waals surface area (Å²) in [5, 5.41) is 18.3. The molecule has 0 radical (unpaired) electrons. The first-order valence-corrected chi connectivity index (χ1v) is 5.10. The lowest BCUT2D eigenvalue weighted by molar-refractivity contribution is -0.192. The predicted octanol–water partition coefficient (Wildman–Crippen LogP) is 0.729. The zero-order chi connectivity index (χ0) is 13.9. The Kier molecular flexibility index (Phi) is 4.28. The van der Waals surface area contributed by atoms with Crippen LogP contribution in [0, 0.1) is 5.92 Å². The molecule has 0 saturated carbocycles. The number of hydrogen-bond donors (Lipinski definition) is 2. The van der Waals surface area contributed by atoms with Gasteiger partial charge in [0.2, 0.25) is 0 Å². The molecule has 1 heterocycles. The van der Waals surface area contributed by atoms with E-state index in [-0.39, 0.29) is 0 Å². The van der Waals surface area contributed by atoms with Crippen molar-refractivity contribution in [3.05, 3.63) is 12.2 Å². The molecule has 0 aliphatic carbocycles. The second-order valence-electron chi connectivity index (χ2n) is 3.86. The maximum atomic E-state index is 12.4. The van der Waals surface area contributed by atoms with E-state index in [1.54, 1.807) is 18.5 Å². The summed E-state index contributed by atoms with van der Waals surface area (Å²) in [6, 6.07) is -0.526. The van der Waals surface area contributed by atoms with Crippen LogP contribution in [0.2, 0.25) is 0 Å². The highest BCUT2D eigenvalue weighted by atomic mass is 19.4. The fourth-order valence-electron chi connectivity index (χ4n) is 1.41. The van der Waals surface area contributed by atoms with Crippen LogP contribution in [-0.4, -0.2) is 38.6 Å². The van der Waals surface area contributed by atoms with Crippen LogP contribution < -0.4 is 5.32 Å². The van der Waals surface area contributed by atoms with Crippen molar-refractivity contribution in [3.8, 4) is 0 Å². The third kappa shape index (κ3) is 3.42. The van der Waals surface area contributed by atoms with Crippen LogP contribution in [0.15, 0.2) is 6.33 Å². The van der Waals surface area contributed by atoms with Gasteiger partial charge in [0.25, 0.3) is 0 Å². The highest BCUT2D eigenvalue weighted by Gasteiger charge is 2.45. The Labute approximate surface area is 101 Å². The van der Waals surface area contributed by atoms with Crippen molar-refractivity contribution < 1.29 is 23.1 Å². The van der Waals surface area contributed by atoms with Gasteiger partial charge >= 0.3 is 12.1 Å². The van der Waals surface area contributed by atoms with E-state index in [1.165, 1.54) is 6.33 Å². The van der Waals surface area contributed by atoms with E-state index >= 15 is 0 Å². The molecule has 1 aromatic heterocycles. The van der Waals surface area contributed by atoms with Gasteiger partial charge in [0.05, 0.1) is 6.04 Å². The molecule has 6 nitrogen and oxygen atoms in total. The van der Waals surface area contributed by atoms with Crippen LogP contribution in [0.3, 0.4) is 0 Å². The minimum atomic E-state index is -4.78. The minimum Gasteiger partial charge on any atom is -0.481 e. The van der Waals surface area contributed by atoms with Gasteiger partial charge in [-0.3, -0.25) is 4.79 Å². The number of aromatic nitrogens is 3. The Hall–Kier alpha value is -1.64. The Balaban J connectivity index is 2.64. The van der Waals surface area contributed by atoms with Crippen LogP contribution in [0.1, 0.15) is 18.8 Å². The van der Waals surface area contributed by atoms with Crippen LogP contribution in [0.4, 0.5) is 13.2 Å². The Morgan fingerprint density at radius 2 is 2.22 bits per heavy atom. The van der Waals surface area contributed by atoms with Gasteiger partial charge in [0.15, 0.2) is 5.92 Å². The van der Waals surface area contributed by atoms with Crippen LogP contribution in [-0.2, 0) is 11.8 Å². The largest absolute Gasteiger partial charge is 0.481 e. The van der Waals surface area contributed by atoms with Gasteiger partial charge in [-0.2, -0.15) is 13.2 Å². The molecule has 0 aromatic carbocycles. The molecule has 0 amide bonds. The molecule has 2 unspecified atom stereocenters. The van der Waals surface area contributed by atoms with Crippen LogP contribution in [0.5, 0.6) is 0 Å². The van der Waals surface area contributed by atoms with E-state index in [9.17, 15) is 18.0 Å². The summed E-state index contributed by atoms with van der Waals surface area (Å²) in [6.07, 6.45) is -3.37. The molecular weight excluding hydrogens is 253 g/mol. The number of carboxylic acids is 1. The molecule has 0 saturated heterocycles. The van der Waals surface area contributed by atoms with Crippen molar-refractivity contribution >= 4 is 5.97 Å². The molecule has 1 aromatic rings. The third-order valence-corrected chi connectivity index (χ3v) is 2.46. The summed E-state index contributed by atoms with van der Waals surface area (Å²) < 4.78 is 38.7. The molecule has 0 aliphatic rings. The molecule has 2 N–H and O–H groups in total. The second kappa shape index (κ2) is 5.34. The number of halogens is 3. The maximum Gasteiger partial charge on any atom is 0.403 e. The number of rotatable bonds is 5. The number of aliphatic carboxylic acids is 1. The number of carbonyl (C=O) groups is 1. The Bertz CT molecular complexity index is 418. The highest BCUT2D eigenvalue weighted by molar-refractivity contribution is 5.71. The summed E-state index contributed by atoms with van der Waals surface area (Å²) >= 11 is 0. The van der Waals surface area contributed by atoms with Gasteiger partial charge in [-0.1, -0.05) is 0 Å². The SMILES string of the molecule is CC(NCC(C(=O)O)C(F)(F)F)c1nncn1C. The molecule has 0 bridgehead atoms. The number of aryl methyl sites for hydroxylation is 1. The van der Waals surface area contributed by atoms with Crippen molar-refractivity contribution in [3.63, 3.8) is 0 Å². The zero-order valence-electron chi connectivity index (χ0n) is 9.77. The molecule has 2 atom stereocenters. The fourth-order valence-corrected chi connectivity index (χ4v) is 1.41. The van der Waals surface area contributed by atoms with Crippen LogP contribution in [0.25, 0.3) is 0 Å². The fraction of sp³-hybridized carbons (Fsp3) is 0.667. The van der Waals surface area contributed by atoms with Crippen molar-refractivity contribution in [2.24, 2.45) is 13.0 Å². The number of carboxylic acid groups (broad SMARTS) is 1. The predicted molar refractivity (Wildman–Crippen MR) is 54.6 cm³/mol. The minimum absolute atomic E-state index is 0.432. The van der Waals surface area contributed by atoms with Gasteiger partial charge < -0.3 is 15.0 Å². The quantitative estimate of drug-likeness (QED) is 0.821. The summed E-state index contributed by atoms with van der Waals surface area (Å²) in [7, 11) is 1.64. The van der Waals surface area contributed by atoms with Crippen molar-refractivity contribution in [1.29, 1.82) is 0 Å². The van der Waals surface area contributed by atoms with E-state index in [4.69, 9.17) is 5.11 Å². The molecule has 9 heteroatoms. The second-order valence-corrected chi connectivity index (χ2v) is 3.86. The lowest BCUT2D eigenvalue weighted by atomic mass is 10.1. The van der Waals surface area contributed by atoms with Gasteiger partial charge in [0.1, 0.15) is 12.2 Å². The van der Waals surface area contributed by atoms with E-state index < -0.39 is 30.7 Å². The first-order valence-electron chi connectivity index (χ1n) is 5.10. The van der Waals surface area contributed by atoms with Gasteiger partial charge in [0, 0.05) is 13.6 Å². The average molecular weight is 266 g/mol. The van der Waals surface area contributed by atoms with Crippen molar-refractivity contribution in [2.75, 3.05) is 6.54 Å². The monoisotopic (exact) mass is 266 g/mol. The summed E-state index contributed by atoms with van der Waals surface area (Å²) in [5.41, 5.74) is 0. The van der Waals surface area contributed by atoms with E-state index in [2.05, 4.69) is 15.5 Å². The first-order chi connectivity index (χ1) is 8.23. The average Bonchev–Trinajstić information content (AvgIpc) is 2.61. The first kappa shape index (κ1) is 14.4. The number of alkyl halides is 3. The third-order valence-electron chi connectivity index (χ3n) is 2.46. The topological polar surface area (TPSA) is 80.0 Å². The van der Waals surface area contributed by atoms with E-state index in [0.717, 1.165) is 0 Å². The highest BCUT2D eigenvalue weighted by Crippen LogP contribution is 2.26. The van der Waals surface area contributed by atoms with Gasteiger partial charge in [-0.15, -0.1) is 10.2 Å². The molecule has 102 valence electrons. The Morgan fingerprint density at radius 1 is 1.61 bits per heavy atom. The number of nitrogens with zero attached hydrogens (tertiary/aromatic N) is 3. The molecule has 0 aliphatic heterocycles. The standard InChI is InChI=1S/C9H13F3N4O2/c1-5(7-15-14-4-16(7)2)13-3-6(8(17)18)9(10,11)12/h4-6,13H,3H2,1-2H3,(H,17,18). The van der Waals surface area contributed by atoms with Crippen molar-refractivity contribution in [2.45, 2.75) is 19.1 Å². The number of nitrogens with one attached hydrogen (secondary N) is 1. The summed E-state index contributed by atoms with van der Waals surface area (Å²) in [5.74, 6) is -3.91. The van der Waals surface area contributed by atoms with Gasteiger partial charge in [-0.25, -0.2) is 0 Å². The van der Waals surface area contributed by atoms with Gasteiger partial charge in [-0.05, 0) is 6.92 Å². The molecule has 0 fully saturated rings. The smallest absolute Gasteiger partial charge is 0.403 e. The lowest BCUT2D eigenvalue weighted by Crippen LogP contribution is -2.40. The summed E-state index contributed by atoms with van der Waals surface area (Å²) in [4.78, 5) is 10.5. The molecule has 18 heavy (non-hydrogen) atoms. The molecular formula is C9H13F3N4O2. The van der Waals surface area contributed by atoms with Crippen LogP contribution >= 0.6 is 0 Å². The molecule has 0 spiro atoms. The van der Waals surface area contributed by atoms with Crippen molar-refractivity contribution in [1.82, 2.24) is 20.1 Å². The maximum absolute atomic E-state index is 12.4. The zero-order valence-corrected chi connectivity index (χ0v) is 9.77. The Morgan fingerprint density at radius 3 is 2.61 bits per heavy atom. The summed E-state index contributed by atoms with van der Waals surface area (Å²) in [6.45, 7) is 0.867. The lowest BCUT2D eigenvalue weighted by Gasteiger charge is -2.19. The normalized spacial score (nSPS) is 15.4. The molecule has 1 rings (SSSR count). The number of hydrogen-bond acceptors (Lipinski definition) is 4. The van der Waals surface area contributed by atoms with E-state index in [1.807, 2.05) is 0 Å².